The molecule has 0 heterocycles. The van der Waals surface area contributed by atoms with Gasteiger partial charge in [-0.3, -0.25) is 4.57 Å². The summed E-state index contributed by atoms with van der Waals surface area (Å²) in [6.07, 6.45) is 0. The lowest BCUT2D eigenvalue weighted by Gasteiger charge is -2.07. The van der Waals surface area contributed by atoms with Crippen LogP contribution in [-0.2, 0) is 26.8 Å². The van der Waals surface area contributed by atoms with Gasteiger partial charge in [0.2, 0.25) is 0 Å². The molecule has 0 radical (unpaired) electrons. The highest BCUT2D eigenvalue weighted by Gasteiger charge is 2.05. The van der Waals surface area contributed by atoms with E-state index < -0.39 is 8.25 Å². The monoisotopic (exact) mass is 574 g/mol. The van der Waals surface area contributed by atoms with Crippen LogP contribution in [0.3, 0.4) is 0 Å². The van der Waals surface area contributed by atoms with Crippen molar-refractivity contribution in [1.82, 2.24) is 0 Å². The minimum atomic E-state index is -2.55. The molecule has 3 nitrogen and oxygen atoms in total. The first-order valence-electron chi connectivity index (χ1n) is 6.12. The van der Waals surface area contributed by atoms with Gasteiger partial charge in [-0.1, -0.05) is 63.7 Å². The molecule has 0 bridgehead atoms. The van der Waals surface area contributed by atoms with Gasteiger partial charge >= 0.3 is 8.25 Å². The summed E-state index contributed by atoms with van der Waals surface area (Å²) in [5.74, 6) is 0. The highest BCUT2D eigenvalue weighted by atomic mass is 79.9. The van der Waals surface area contributed by atoms with Crippen LogP contribution in [0, 0.1) is 0 Å². The number of halogens is 4. The van der Waals surface area contributed by atoms with E-state index in [-0.39, 0.29) is 13.2 Å². The molecule has 2 rings (SSSR count). The maximum Gasteiger partial charge on any atom is 0.319 e. The van der Waals surface area contributed by atoms with Crippen molar-refractivity contribution in [3.63, 3.8) is 0 Å². The lowest BCUT2D eigenvalue weighted by atomic mass is 10.2. The summed E-state index contributed by atoms with van der Waals surface area (Å²) in [6, 6.07) is 11.5. The molecule has 0 atom stereocenters. The zero-order valence-corrected chi connectivity index (χ0v) is 18.5. The van der Waals surface area contributed by atoms with E-state index >= 15 is 0 Å². The molecule has 0 aliphatic carbocycles. The van der Waals surface area contributed by atoms with Crippen LogP contribution in [0.15, 0.2) is 54.3 Å². The molecule has 2 aromatic rings. The molecular weight excluding hydrogens is 567 g/mol. The van der Waals surface area contributed by atoms with Crippen LogP contribution in [0.4, 0.5) is 0 Å². The fourth-order valence-electron chi connectivity index (χ4n) is 1.71. The molecule has 0 saturated carbocycles. The Labute approximate surface area is 163 Å². The van der Waals surface area contributed by atoms with E-state index in [2.05, 4.69) is 63.7 Å². The Morgan fingerprint density at radius 1 is 0.682 bits per heavy atom. The molecule has 0 N–H and O–H groups in total. The molecular formula is C14H11Br4O3P. The average molecular weight is 578 g/mol. The van der Waals surface area contributed by atoms with Crippen LogP contribution in [0.5, 0.6) is 0 Å². The van der Waals surface area contributed by atoms with E-state index in [0.29, 0.717) is 0 Å². The number of hydrogen-bond donors (Lipinski definition) is 0. The third-order valence-corrected chi connectivity index (χ3v) is 5.15. The van der Waals surface area contributed by atoms with Crippen molar-refractivity contribution in [2.75, 3.05) is 0 Å². The smallest absolute Gasteiger partial charge is 0.306 e. The van der Waals surface area contributed by atoms with E-state index in [1.54, 1.807) is 0 Å². The molecule has 0 amide bonds. The Morgan fingerprint density at radius 3 is 1.32 bits per heavy atom. The van der Waals surface area contributed by atoms with Gasteiger partial charge in [-0.25, -0.2) is 0 Å². The Balaban J connectivity index is 1.85. The van der Waals surface area contributed by atoms with Crippen molar-refractivity contribution in [3.8, 4) is 0 Å². The first kappa shape index (κ1) is 18.8. The summed E-state index contributed by atoms with van der Waals surface area (Å²) >= 11 is 13.6. The van der Waals surface area contributed by atoms with Crippen LogP contribution in [0.1, 0.15) is 11.1 Å². The van der Waals surface area contributed by atoms with Crippen molar-refractivity contribution < 1.29 is 13.6 Å². The standard InChI is InChI=1S/C14H11Br4O3P/c15-11-1-9(2-12(16)5-11)7-20-22(19)21-8-10-3-13(17)6-14(18)4-10/h1-6,22H,7-8H2. The lowest BCUT2D eigenvalue weighted by Crippen LogP contribution is -1.91. The molecule has 118 valence electrons. The van der Waals surface area contributed by atoms with Crippen LogP contribution in [-0.4, -0.2) is 0 Å². The predicted molar refractivity (Wildman–Crippen MR) is 102 cm³/mol. The molecule has 22 heavy (non-hydrogen) atoms. The fraction of sp³-hybridized carbons (Fsp3) is 0.143. The van der Waals surface area contributed by atoms with E-state index in [0.717, 1.165) is 29.0 Å². The van der Waals surface area contributed by atoms with Gasteiger partial charge in [-0.05, 0) is 47.5 Å². The molecule has 0 saturated heterocycles. The lowest BCUT2D eigenvalue weighted by molar-refractivity contribution is 0.213. The van der Waals surface area contributed by atoms with Crippen LogP contribution in [0.2, 0.25) is 0 Å². The second-order valence-electron chi connectivity index (χ2n) is 4.38. The largest absolute Gasteiger partial charge is 0.319 e. The Kier molecular flexibility index (Phi) is 7.81. The Hall–Kier alpha value is 0.510. The molecule has 0 aliphatic heterocycles. The zero-order chi connectivity index (χ0) is 16.1. The molecule has 2 aromatic carbocycles. The minimum absolute atomic E-state index is 0.234. The molecule has 0 fully saturated rings. The van der Waals surface area contributed by atoms with Crippen molar-refractivity contribution in [1.29, 1.82) is 0 Å². The SMILES string of the molecule is O=[PH](OCc1cc(Br)cc(Br)c1)OCc1cc(Br)cc(Br)c1. The van der Waals surface area contributed by atoms with Gasteiger partial charge in [0.05, 0.1) is 13.2 Å². The third-order valence-electron chi connectivity index (χ3n) is 2.56. The first-order chi connectivity index (χ1) is 10.4. The summed E-state index contributed by atoms with van der Waals surface area (Å²) in [5.41, 5.74) is 1.82. The van der Waals surface area contributed by atoms with Gasteiger partial charge in [-0.15, -0.1) is 0 Å². The van der Waals surface area contributed by atoms with Crippen molar-refractivity contribution in [3.05, 3.63) is 65.4 Å². The topological polar surface area (TPSA) is 35.5 Å². The van der Waals surface area contributed by atoms with Crippen LogP contribution in [0.25, 0.3) is 0 Å². The quantitative estimate of drug-likeness (QED) is 0.352. The second-order valence-corrected chi connectivity index (χ2v) is 9.12. The predicted octanol–water partition coefficient (Wildman–Crippen LogP) is 6.86. The molecule has 0 unspecified atom stereocenters. The van der Waals surface area contributed by atoms with Crippen LogP contribution < -0.4 is 0 Å². The maximum absolute atomic E-state index is 11.8. The summed E-state index contributed by atoms with van der Waals surface area (Å²) in [4.78, 5) is 0. The highest BCUT2D eigenvalue weighted by Crippen LogP contribution is 2.30. The zero-order valence-electron chi connectivity index (χ0n) is 11.1. The van der Waals surface area contributed by atoms with E-state index in [1.807, 2.05) is 36.4 Å². The van der Waals surface area contributed by atoms with E-state index in [4.69, 9.17) is 9.05 Å². The molecule has 8 heteroatoms. The first-order valence-corrected chi connectivity index (χ1v) is 10.5. The van der Waals surface area contributed by atoms with Crippen molar-refractivity contribution >= 4 is 72.0 Å². The van der Waals surface area contributed by atoms with Gasteiger partial charge in [0.15, 0.2) is 0 Å². The minimum Gasteiger partial charge on any atom is -0.306 e. The number of hydrogen-bond acceptors (Lipinski definition) is 3. The second kappa shape index (κ2) is 9.11. The highest BCUT2D eigenvalue weighted by molar-refractivity contribution is 9.11. The van der Waals surface area contributed by atoms with Crippen molar-refractivity contribution in [2.45, 2.75) is 13.2 Å². The summed E-state index contributed by atoms with van der Waals surface area (Å²) in [5, 5.41) is 0. The number of benzene rings is 2. The van der Waals surface area contributed by atoms with Gasteiger partial charge in [0.25, 0.3) is 0 Å². The van der Waals surface area contributed by atoms with E-state index in [9.17, 15) is 4.57 Å². The number of rotatable bonds is 6. The third kappa shape index (κ3) is 6.56. The van der Waals surface area contributed by atoms with Crippen molar-refractivity contribution in [2.24, 2.45) is 0 Å². The summed E-state index contributed by atoms with van der Waals surface area (Å²) in [6.45, 7) is 0.468. The normalized spacial score (nSPS) is 11.1. The molecule has 0 aromatic heterocycles. The fourth-order valence-corrected chi connectivity index (χ4v) is 5.14. The average Bonchev–Trinajstić information content (AvgIpc) is 2.41. The summed E-state index contributed by atoms with van der Waals surface area (Å²) < 4.78 is 26.1. The Morgan fingerprint density at radius 2 is 1.00 bits per heavy atom. The molecule has 0 aliphatic rings. The van der Waals surface area contributed by atoms with Gasteiger partial charge in [-0.2, -0.15) is 0 Å². The summed E-state index contributed by atoms with van der Waals surface area (Å²) in [7, 11) is -2.55. The van der Waals surface area contributed by atoms with E-state index in [1.165, 1.54) is 0 Å². The van der Waals surface area contributed by atoms with Gasteiger partial charge in [0, 0.05) is 17.9 Å². The molecule has 0 spiro atoms. The Bertz CT molecular complexity index is 596. The van der Waals surface area contributed by atoms with Gasteiger partial charge in [0.1, 0.15) is 0 Å². The van der Waals surface area contributed by atoms with Gasteiger partial charge < -0.3 is 9.05 Å². The van der Waals surface area contributed by atoms with Crippen LogP contribution >= 0.6 is 72.0 Å². The maximum atomic E-state index is 11.8.